The first-order valence-corrected chi connectivity index (χ1v) is 8.24. The van der Waals surface area contributed by atoms with Gasteiger partial charge in [0.2, 0.25) is 0 Å². The van der Waals surface area contributed by atoms with Gasteiger partial charge in [-0.3, -0.25) is 0 Å². The molecule has 0 aliphatic carbocycles. The standard InChI is InChI=1S/C17H15ClN4S/c18-13-8-6-12(7-9-13)16(11-4-2-1-3-5-11)23-17-21-14(19)10-15(20)22-17/h1-10,16H,(H4,19,20,21,22)/t16-/m0/s1. The first-order chi connectivity index (χ1) is 11.1. The molecule has 23 heavy (non-hydrogen) atoms. The van der Waals surface area contributed by atoms with Crippen LogP contribution in [0.2, 0.25) is 5.02 Å². The monoisotopic (exact) mass is 342 g/mol. The lowest BCUT2D eigenvalue weighted by atomic mass is 10.0. The number of hydrogen-bond acceptors (Lipinski definition) is 5. The van der Waals surface area contributed by atoms with Gasteiger partial charge in [-0.05, 0) is 23.3 Å². The second-order valence-electron chi connectivity index (χ2n) is 4.96. The van der Waals surface area contributed by atoms with Gasteiger partial charge in [-0.15, -0.1) is 0 Å². The third kappa shape index (κ3) is 3.94. The van der Waals surface area contributed by atoms with Crippen LogP contribution in [0, 0.1) is 0 Å². The minimum absolute atomic E-state index is 0.0228. The molecule has 0 fully saturated rings. The molecule has 1 heterocycles. The van der Waals surface area contributed by atoms with Gasteiger partial charge >= 0.3 is 0 Å². The number of hydrogen-bond donors (Lipinski definition) is 2. The van der Waals surface area contributed by atoms with E-state index in [1.165, 1.54) is 11.8 Å². The predicted octanol–water partition coefficient (Wildman–Crippen LogP) is 4.18. The predicted molar refractivity (Wildman–Crippen MR) is 96.5 cm³/mol. The van der Waals surface area contributed by atoms with Crippen molar-refractivity contribution < 1.29 is 0 Å². The molecule has 6 heteroatoms. The van der Waals surface area contributed by atoms with E-state index >= 15 is 0 Å². The molecule has 3 rings (SSSR count). The molecule has 0 unspecified atom stereocenters. The number of nitrogens with zero attached hydrogens (tertiary/aromatic N) is 2. The molecule has 2 aromatic carbocycles. The number of thioether (sulfide) groups is 1. The number of benzene rings is 2. The highest BCUT2D eigenvalue weighted by Gasteiger charge is 2.17. The number of halogens is 1. The summed E-state index contributed by atoms with van der Waals surface area (Å²) >= 11 is 7.50. The molecule has 0 amide bonds. The van der Waals surface area contributed by atoms with Gasteiger partial charge in [0.15, 0.2) is 5.16 Å². The Balaban J connectivity index is 2.00. The first-order valence-electron chi connectivity index (χ1n) is 6.99. The van der Waals surface area contributed by atoms with Crippen molar-refractivity contribution >= 4 is 35.0 Å². The number of rotatable bonds is 4. The summed E-state index contributed by atoms with van der Waals surface area (Å²) in [4.78, 5) is 8.53. The van der Waals surface area contributed by atoms with E-state index < -0.39 is 0 Å². The molecule has 3 aromatic rings. The Morgan fingerprint density at radius 2 is 1.39 bits per heavy atom. The molecular formula is C17H15ClN4S. The van der Waals surface area contributed by atoms with Crippen molar-refractivity contribution in [3.8, 4) is 0 Å². The molecule has 4 nitrogen and oxygen atoms in total. The van der Waals surface area contributed by atoms with Crippen LogP contribution in [0.3, 0.4) is 0 Å². The van der Waals surface area contributed by atoms with Gasteiger partial charge in [0.1, 0.15) is 11.6 Å². The fraction of sp³-hybridized carbons (Fsp3) is 0.0588. The second kappa shape index (κ2) is 6.89. The van der Waals surface area contributed by atoms with Gasteiger partial charge in [0.05, 0.1) is 5.25 Å². The Hall–Kier alpha value is -2.24. The molecule has 116 valence electrons. The summed E-state index contributed by atoms with van der Waals surface area (Å²) in [5.74, 6) is 0.728. The zero-order valence-electron chi connectivity index (χ0n) is 12.2. The zero-order chi connectivity index (χ0) is 16.2. The summed E-state index contributed by atoms with van der Waals surface area (Å²) in [7, 11) is 0. The number of nitrogen functional groups attached to an aromatic ring is 2. The van der Waals surface area contributed by atoms with Crippen molar-refractivity contribution in [2.75, 3.05) is 11.5 Å². The Morgan fingerprint density at radius 1 is 0.826 bits per heavy atom. The van der Waals surface area contributed by atoms with E-state index in [-0.39, 0.29) is 5.25 Å². The highest BCUT2D eigenvalue weighted by Crippen LogP contribution is 2.39. The number of nitrogens with two attached hydrogens (primary N) is 2. The van der Waals surface area contributed by atoms with Crippen LogP contribution in [-0.4, -0.2) is 9.97 Å². The lowest BCUT2D eigenvalue weighted by Gasteiger charge is -2.17. The van der Waals surface area contributed by atoms with E-state index in [1.807, 2.05) is 42.5 Å². The summed E-state index contributed by atoms with van der Waals surface area (Å²) in [5.41, 5.74) is 13.8. The molecule has 0 saturated carbocycles. The molecule has 0 bridgehead atoms. The van der Waals surface area contributed by atoms with E-state index in [9.17, 15) is 0 Å². The van der Waals surface area contributed by atoms with Gasteiger partial charge in [-0.1, -0.05) is 65.8 Å². The van der Waals surface area contributed by atoms with Gasteiger partial charge in [-0.2, -0.15) is 0 Å². The lowest BCUT2D eigenvalue weighted by Crippen LogP contribution is -2.02. The summed E-state index contributed by atoms with van der Waals surface area (Å²) in [5, 5.41) is 1.27. The van der Waals surface area contributed by atoms with Crippen molar-refractivity contribution in [2.24, 2.45) is 0 Å². The van der Waals surface area contributed by atoms with Crippen LogP contribution in [0.25, 0.3) is 0 Å². The van der Waals surface area contributed by atoms with E-state index in [4.69, 9.17) is 23.1 Å². The minimum Gasteiger partial charge on any atom is -0.383 e. The quantitative estimate of drug-likeness (QED) is 0.549. The van der Waals surface area contributed by atoms with Crippen molar-refractivity contribution in [3.05, 3.63) is 76.8 Å². The van der Waals surface area contributed by atoms with Crippen molar-refractivity contribution in [1.82, 2.24) is 9.97 Å². The van der Waals surface area contributed by atoms with Crippen molar-refractivity contribution in [1.29, 1.82) is 0 Å². The van der Waals surface area contributed by atoms with Crippen LogP contribution in [0.15, 0.2) is 65.8 Å². The molecule has 1 aromatic heterocycles. The highest BCUT2D eigenvalue weighted by atomic mass is 35.5. The Kier molecular flexibility index (Phi) is 4.69. The number of anilines is 2. The van der Waals surface area contributed by atoms with Gasteiger partial charge in [0.25, 0.3) is 0 Å². The molecule has 0 saturated heterocycles. The van der Waals surface area contributed by atoms with E-state index in [0.717, 1.165) is 11.1 Å². The summed E-state index contributed by atoms with van der Waals surface area (Å²) < 4.78 is 0. The van der Waals surface area contributed by atoms with Crippen LogP contribution in [0.5, 0.6) is 0 Å². The summed E-state index contributed by atoms with van der Waals surface area (Å²) in [6.45, 7) is 0. The minimum atomic E-state index is 0.0228. The molecule has 0 radical (unpaired) electrons. The largest absolute Gasteiger partial charge is 0.383 e. The molecule has 0 aliphatic rings. The van der Waals surface area contributed by atoms with Gasteiger partial charge < -0.3 is 11.5 Å². The SMILES string of the molecule is Nc1cc(N)nc(S[C@@H](c2ccccc2)c2ccc(Cl)cc2)n1. The van der Waals surface area contributed by atoms with Crippen molar-refractivity contribution in [2.45, 2.75) is 10.4 Å². The van der Waals surface area contributed by atoms with Crippen LogP contribution >= 0.6 is 23.4 Å². The first kappa shape index (κ1) is 15.6. The lowest BCUT2D eigenvalue weighted by molar-refractivity contribution is 0.974. The molecule has 0 aliphatic heterocycles. The van der Waals surface area contributed by atoms with Crippen LogP contribution in [-0.2, 0) is 0 Å². The van der Waals surface area contributed by atoms with E-state index in [0.29, 0.717) is 21.8 Å². The Bertz CT molecular complexity index is 773. The topological polar surface area (TPSA) is 77.8 Å². The average molecular weight is 343 g/mol. The fourth-order valence-corrected chi connectivity index (χ4v) is 3.45. The van der Waals surface area contributed by atoms with E-state index in [2.05, 4.69) is 22.1 Å². The maximum atomic E-state index is 6.00. The van der Waals surface area contributed by atoms with E-state index in [1.54, 1.807) is 6.07 Å². The van der Waals surface area contributed by atoms with Crippen molar-refractivity contribution in [3.63, 3.8) is 0 Å². The maximum absolute atomic E-state index is 6.00. The summed E-state index contributed by atoms with van der Waals surface area (Å²) in [6, 6.07) is 19.5. The third-order valence-electron chi connectivity index (χ3n) is 3.24. The van der Waals surface area contributed by atoms with Crippen LogP contribution in [0.4, 0.5) is 11.6 Å². The summed E-state index contributed by atoms with van der Waals surface area (Å²) in [6.07, 6.45) is 0. The normalized spacial score (nSPS) is 12.0. The number of aromatic nitrogens is 2. The van der Waals surface area contributed by atoms with Gasteiger partial charge in [0, 0.05) is 11.1 Å². The highest BCUT2D eigenvalue weighted by molar-refractivity contribution is 7.99. The molecule has 4 N–H and O–H groups in total. The second-order valence-corrected chi connectivity index (χ2v) is 6.47. The zero-order valence-corrected chi connectivity index (χ0v) is 13.8. The van der Waals surface area contributed by atoms with Crippen LogP contribution in [0.1, 0.15) is 16.4 Å². The molecular weight excluding hydrogens is 328 g/mol. The average Bonchev–Trinajstić information content (AvgIpc) is 2.53. The van der Waals surface area contributed by atoms with Crippen LogP contribution < -0.4 is 11.5 Å². The smallest absolute Gasteiger partial charge is 0.192 e. The Morgan fingerprint density at radius 3 is 2.00 bits per heavy atom. The molecule has 1 atom stereocenters. The fourth-order valence-electron chi connectivity index (χ4n) is 2.21. The third-order valence-corrected chi connectivity index (χ3v) is 4.67. The maximum Gasteiger partial charge on any atom is 0.192 e. The Labute approximate surface area is 143 Å². The molecule has 0 spiro atoms. The van der Waals surface area contributed by atoms with Gasteiger partial charge in [-0.25, -0.2) is 9.97 Å².